The van der Waals surface area contributed by atoms with Gasteiger partial charge in [-0.3, -0.25) is 0 Å². The van der Waals surface area contributed by atoms with Crippen molar-refractivity contribution >= 4 is 39.1 Å². The molecule has 0 atom stereocenters. The van der Waals surface area contributed by atoms with Gasteiger partial charge in [0.2, 0.25) is 0 Å². The summed E-state index contributed by atoms with van der Waals surface area (Å²) in [6, 6.07) is 0. The standard InChI is InChI=1S/C19H30N4OS2/c1-6-7-10-25-18-21-16(20-8-9-23(4)5)15-13-11-19(2,3)24-12-14(13)26-17(15)22-18/h6-12H2,1-5H3,(H,20,21,22)/p+1. The summed E-state index contributed by atoms with van der Waals surface area (Å²) in [6.45, 7) is 9.21. The summed E-state index contributed by atoms with van der Waals surface area (Å²) in [6.07, 6.45) is 3.31. The summed E-state index contributed by atoms with van der Waals surface area (Å²) in [4.78, 5) is 13.6. The predicted molar refractivity (Wildman–Crippen MR) is 112 cm³/mol. The Bertz CT molecular complexity index is 758. The second-order valence-electron chi connectivity index (χ2n) is 7.85. The second-order valence-corrected chi connectivity index (χ2v) is 10.00. The maximum Gasteiger partial charge on any atom is 0.190 e. The molecule has 0 aromatic carbocycles. The Morgan fingerprint density at radius 2 is 2.12 bits per heavy atom. The van der Waals surface area contributed by atoms with Gasteiger partial charge in [-0.15, -0.1) is 11.3 Å². The van der Waals surface area contributed by atoms with Gasteiger partial charge in [-0.05, 0) is 25.8 Å². The number of aromatic nitrogens is 2. The molecule has 0 fully saturated rings. The Morgan fingerprint density at radius 1 is 1.31 bits per heavy atom. The smallest absolute Gasteiger partial charge is 0.190 e. The Labute approximate surface area is 164 Å². The van der Waals surface area contributed by atoms with Crippen LogP contribution in [0.4, 0.5) is 5.82 Å². The zero-order valence-electron chi connectivity index (χ0n) is 16.6. The highest BCUT2D eigenvalue weighted by atomic mass is 32.2. The Balaban J connectivity index is 1.96. The average Bonchev–Trinajstić information content (AvgIpc) is 2.91. The lowest BCUT2D eigenvalue weighted by molar-refractivity contribution is -0.856. The molecule has 5 nitrogen and oxygen atoms in total. The molecule has 2 N–H and O–H groups in total. The monoisotopic (exact) mass is 395 g/mol. The highest BCUT2D eigenvalue weighted by molar-refractivity contribution is 7.99. The SMILES string of the molecule is CCCCSc1nc(NCC[NH+](C)C)c2c3c(sc2n1)COC(C)(C)C3. The van der Waals surface area contributed by atoms with Crippen molar-refractivity contribution in [2.75, 3.05) is 38.3 Å². The number of likely N-dealkylation sites (N-methyl/N-ethyl adjacent to an activating group) is 1. The first-order valence-electron chi connectivity index (χ1n) is 9.51. The number of hydrogen-bond donors (Lipinski definition) is 2. The van der Waals surface area contributed by atoms with Gasteiger partial charge in [-0.2, -0.15) is 0 Å². The van der Waals surface area contributed by atoms with Crippen LogP contribution >= 0.6 is 23.1 Å². The second kappa shape index (κ2) is 8.42. The number of quaternary nitrogens is 1. The Kier molecular flexibility index (Phi) is 6.43. The number of anilines is 1. The van der Waals surface area contributed by atoms with Crippen LogP contribution in [0.5, 0.6) is 0 Å². The summed E-state index contributed by atoms with van der Waals surface area (Å²) >= 11 is 3.54. The largest absolute Gasteiger partial charge is 0.370 e. The van der Waals surface area contributed by atoms with Gasteiger partial charge in [-0.25, -0.2) is 9.97 Å². The number of unbranched alkanes of at least 4 members (excludes halogenated alkanes) is 1. The van der Waals surface area contributed by atoms with Crippen molar-refractivity contribution in [1.82, 2.24) is 9.97 Å². The lowest BCUT2D eigenvalue weighted by Crippen LogP contribution is -3.06. The highest BCUT2D eigenvalue weighted by Crippen LogP contribution is 2.41. The summed E-state index contributed by atoms with van der Waals surface area (Å²) in [5.41, 5.74) is 1.26. The molecule has 1 aliphatic rings. The van der Waals surface area contributed by atoms with E-state index >= 15 is 0 Å². The third-order valence-electron chi connectivity index (χ3n) is 4.56. The van der Waals surface area contributed by atoms with E-state index in [1.807, 2.05) is 0 Å². The molecule has 7 heteroatoms. The number of nitrogens with zero attached hydrogens (tertiary/aromatic N) is 2. The molecule has 144 valence electrons. The lowest BCUT2D eigenvalue weighted by atomic mass is 9.94. The van der Waals surface area contributed by atoms with Crippen molar-refractivity contribution in [1.29, 1.82) is 0 Å². The maximum absolute atomic E-state index is 6.02. The highest BCUT2D eigenvalue weighted by Gasteiger charge is 2.31. The van der Waals surface area contributed by atoms with Crippen molar-refractivity contribution in [3.8, 4) is 0 Å². The van der Waals surface area contributed by atoms with Crippen LogP contribution in [0.3, 0.4) is 0 Å². The molecule has 2 aromatic rings. The van der Waals surface area contributed by atoms with E-state index in [9.17, 15) is 0 Å². The minimum atomic E-state index is -0.124. The van der Waals surface area contributed by atoms with Crippen molar-refractivity contribution in [3.05, 3.63) is 10.4 Å². The van der Waals surface area contributed by atoms with E-state index in [4.69, 9.17) is 14.7 Å². The van der Waals surface area contributed by atoms with Crippen LogP contribution in [0.15, 0.2) is 5.16 Å². The van der Waals surface area contributed by atoms with Crippen molar-refractivity contribution in [2.24, 2.45) is 0 Å². The minimum Gasteiger partial charge on any atom is -0.370 e. The molecular formula is C19H31N4OS2+. The molecule has 0 aliphatic carbocycles. The topological polar surface area (TPSA) is 51.5 Å². The minimum absolute atomic E-state index is 0.124. The number of rotatable bonds is 8. The van der Waals surface area contributed by atoms with Crippen LogP contribution in [0.2, 0.25) is 0 Å². The van der Waals surface area contributed by atoms with E-state index in [2.05, 4.69) is 40.2 Å². The summed E-state index contributed by atoms with van der Waals surface area (Å²) in [5.74, 6) is 2.08. The summed E-state index contributed by atoms with van der Waals surface area (Å²) in [5, 5.41) is 5.70. The van der Waals surface area contributed by atoms with Gasteiger partial charge in [0, 0.05) is 17.1 Å². The van der Waals surface area contributed by atoms with Crippen LogP contribution in [0.1, 0.15) is 44.1 Å². The molecule has 2 aromatic heterocycles. The zero-order valence-corrected chi connectivity index (χ0v) is 18.2. The fourth-order valence-electron chi connectivity index (χ4n) is 3.06. The molecular weight excluding hydrogens is 364 g/mol. The molecule has 0 saturated heterocycles. The number of thiophene rings is 1. The van der Waals surface area contributed by atoms with E-state index in [1.54, 1.807) is 23.1 Å². The number of fused-ring (bicyclic) bond motifs is 3. The maximum atomic E-state index is 6.02. The third kappa shape index (κ3) is 4.68. The van der Waals surface area contributed by atoms with Crippen molar-refractivity contribution < 1.29 is 9.64 Å². The van der Waals surface area contributed by atoms with Crippen LogP contribution in [-0.4, -0.2) is 48.5 Å². The molecule has 0 amide bonds. The number of ether oxygens (including phenoxy) is 1. The van der Waals surface area contributed by atoms with E-state index in [0.717, 1.165) is 41.1 Å². The van der Waals surface area contributed by atoms with Gasteiger partial charge in [0.25, 0.3) is 0 Å². The van der Waals surface area contributed by atoms with Gasteiger partial charge in [0.15, 0.2) is 5.16 Å². The predicted octanol–water partition coefficient (Wildman–Crippen LogP) is 2.99. The first kappa shape index (κ1) is 19.9. The summed E-state index contributed by atoms with van der Waals surface area (Å²) < 4.78 is 6.02. The fraction of sp³-hybridized carbons (Fsp3) is 0.684. The van der Waals surface area contributed by atoms with Gasteiger partial charge in [0.1, 0.15) is 10.6 Å². The van der Waals surface area contributed by atoms with Crippen molar-refractivity contribution in [3.63, 3.8) is 0 Å². The van der Waals surface area contributed by atoms with E-state index in [0.29, 0.717) is 6.61 Å². The number of thioether (sulfide) groups is 1. The summed E-state index contributed by atoms with van der Waals surface area (Å²) in [7, 11) is 4.35. The normalized spacial score (nSPS) is 16.2. The number of nitrogens with one attached hydrogen (secondary N) is 2. The van der Waals surface area contributed by atoms with Crippen LogP contribution in [0.25, 0.3) is 10.2 Å². The zero-order chi connectivity index (χ0) is 18.7. The molecule has 0 radical (unpaired) electrons. The third-order valence-corrected chi connectivity index (χ3v) is 6.59. The van der Waals surface area contributed by atoms with Crippen LogP contribution < -0.4 is 10.2 Å². The van der Waals surface area contributed by atoms with Gasteiger partial charge in [-0.1, -0.05) is 25.1 Å². The molecule has 3 rings (SSSR count). The fourth-order valence-corrected chi connectivity index (χ4v) is 5.14. The molecule has 1 aliphatic heterocycles. The Hall–Kier alpha value is -0.890. The lowest BCUT2D eigenvalue weighted by Gasteiger charge is -2.30. The van der Waals surface area contributed by atoms with Gasteiger partial charge in [0.05, 0.1) is 44.8 Å². The molecule has 26 heavy (non-hydrogen) atoms. The molecule has 3 heterocycles. The van der Waals surface area contributed by atoms with Crippen LogP contribution in [0, 0.1) is 0 Å². The van der Waals surface area contributed by atoms with Gasteiger partial charge < -0.3 is 15.0 Å². The molecule has 0 saturated carbocycles. The van der Waals surface area contributed by atoms with Crippen molar-refractivity contribution in [2.45, 2.75) is 57.4 Å². The molecule has 0 spiro atoms. The average molecular weight is 396 g/mol. The Morgan fingerprint density at radius 3 is 2.85 bits per heavy atom. The van der Waals surface area contributed by atoms with Gasteiger partial charge >= 0.3 is 0 Å². The van der Waals surface area contributed by atoms with Crippen LogP contribution in [-0.2, 0) is 17.8 Å². The first-order valence-corrected chi connectivity index (χ1v) is 11.3. The first-order chi connectivity index (χ1) is 12.4. The molecule has 0 bridgehead atoms. The van der Waals surface area contributed by atoms with E-state index in [-0.39, 0.29) is 5.60 Å². The van der Waals surface area contributed by atoms with E-state index in [1.165, 1.54) is 33.6 Å². The van der Waals surface area contributed by atoms with E-state index < -0.39 is 0 Å². The quantitative estimate of drug-likeness (QED) is 0.409. The number of hydrogen-bond acceptors (Lipinski definition) is 6. The molecule has 0 unspecified atom stereocenters.